The topological polar surface area (TPSA) is 51.3 Å². The number of anilines is 1. The first-order valence-corrected chi connectivity index (χ1v) is 8.26. The van der Waals surface area contributed by atoms with E-state index in [-0.39, 0.29) is 5.56 Å². The van der Waals surface area contributed by atoms with Crippen LogP contribution in [0.5, 0.6) is 0 Å². The summed E-state index contributed by atoms with van der Waals surface area (Å²) in [6.07, 6.45) is 9.47. The lowest BCUT2D eigenvalue weighted by Crippen LogP contribution is -2.36. The Hall–Kier alpha value is -1.29. The van der Waals surface area contributed by atoms with Gasteiger partial charge in [-0.05, 0) is 57.7 Å². The van der Waals surface area contributed by atoms with Crippen molar-refractivity contribution in [3.8, 4) is 0 Å². The molecule has 0 unspecified atom stereocenters. The summed E-state index contributed by atoms with van der Waals surface area (Å²) in [5.41, 5.74) is 6.42. The third-order valence-electron chi connectivity index (χ3n) is 4.93. The quantitative estimate of drug-likeness (QED) is 0.877. The predicted octanol–water partition coefficient (Wildman–Crippen LogP) is 2.72. The van der Waals surface area contributed by atoms with E-state index in [1.165, 1.54) is 32.1 Å². The van der Waals surface area contributed by atoms with Crippen molar-refractivity contribution in [2.24, 2.45) is 5.92 Å². The van der Waals surface area contributed by atoms with Crippen molar-refractivity contribution in [3.05, 3.63) is 28.7 Å². The molecule has 0 saturated heterocycles. The minimum absolute atomic E-state index is 0.0373. The van der Waals surface area contributed by atoms with Crippen LogP contribution < -0.4 is 11.3 Å². The minimum atomic E-state index is 0.0373. The molecule has 4 heteroatoms. The molecule has 0 radical (unpaired) electrons. The number of nitrogens with zero attached hydrogens (tertiary/aromatic N) is 2. The third-order valence-corrected chi connectivity index (χ3v) is 4.93. The van der Waals surface area contributed by atoms with Gasteiger partial charge < -0.3 is 15.2 Å². The molecule has 2 N–H and O–H groups in total. The second kappa shape index (κ2) is 7.64. The first-order chi connectivity index (χ1) is 10.1. The number of nitrogens with two attached hydrogens (primary N) is 1. The molecule has 21 heavy (non-hydrogen) atoms. The van der Waals surface area contributed by atoms with Gasteiger partial charge >= 0.3 is 0 Å². The van der Waals surface area contributed by atoms with Crippen molar-refractivity contribution in [2.75, 3.05) is 19.3 Å². The third kappa shape index (κ3) is 4.60. The van der Waals surface area contributed by atoms with Crippen LogP contribution in [0.25, 0.3) is 0 Å². The van der Waals surface area contributed by atoms with Crippen LogP contribution in [0.1, 0.15) is 45.4 Å². The summed E-state index contributed by atoms with van der Waals surface area (Å²) in [7, 11) is 2.22. The average Bonchev–Trinajstić information content (AvgIpc) is 2.50. The molecular formula is C17H29N3O. The fourth-order valence-electron chi connectivity index (χ4n) is 3.39. The van der Waals surface area contributed by atoms with Crippen LogP contribution in [-0.2, 0) is 6.54 Å². The zero-order valence-electron chi connectivity index (χ0n) is 13.4. The van der Waals surface area contributed by atoms with E-state index in [4.69, 9.17) is 5.73 Å². The summed E-state index contributed by atoms with van der Waals surface area (Å²) in [5.74, 6) is 0.945. The van der Waals surface area contributed by atoms with Gasteiger partial charge in [-0.1, -0.05) is 13.3 Å². The molecule has 0 aliphatic heterocycles. The van der Waals surface area contributed by atoms with Gasteiger partial charge in [0.1, 0.15) is 0 Å². The summed E-state index contributed by atoms with van der Waals surface area (Å²) in [5, 5.41) is 0. The standard InChI is InChI=1S/C17H29N3O/c1-3-14-5-8-16(9-6-14)19(2)11-4-12-20-13-15(18)7-10-17(20)21/h7,10,13-14,16H,3-6,8-9,11-12,18H2,1-2H3. The highest BCUT2D eigenvalue weighted by molar-refractivity contribution is 5.33. The van der Waals surface area contributed by atoms with E-state index in [1.807, 2.05) is 0 Å². The molecule has 0 bridgehead atoms. The molecule has 0 atom stereocenters. The molecule has 1 saturated carbocycles. The maximum absolute atomic E-state index is 11.7. The van der Waals surface area contributed by atoms with Gasteiger partial charge in [-0.15, -0.1) is 0 Å². The second-order valence-corrected chi connectivity index (χ2v) is 6.41. The van der Waals surface area contributed by atoms with E-state index in [1.54, 1.807) is 22.9 Å². The molecule has 0 spiro atoms. The van der Waals surface area contributed by atoms with Gasteiger partial charge in [0.2, 0.25) is 0 Å². The summed E-state index contributed by atoms with van der Waals surface area (Å²) in [6, 6.07) is 3.94. The Morgan fingerprint density at radius 2 is 2.00 bits per heavy atom. The number of aryl methyl sites for hydroxylation is 1. The van der Waals surface area contributed by atoms with Crippen molar-refractivity contribution in [1.29, 1.82) is 0 Å². The van der Waals surface area contributed by atoms with Crippen molar-refractivity contribution in [2.45, 2.75) is 58.0 Å². The average molecular weight is 291 g/mol. The van der Waals surface area contributed by atoms with Gasteiger partial charge in [0.15, 0.2) is 0 Å². The molecule has 4 nitrogen and oxygen atoms in total. The van der Waals surface area contributed by atoms with E-state index < -0.39 is 0 Å². The largest absolute Gasteiger partial charge is 0.398 e. The van der Waals surface area contributed by atoms with Crippen LogP contribution >= 0.6 is 0 Å². The fraction of sp³-hybridized carbons (Fsp3) is 0.706. The number of aromatic nitrogens is 1. The molecule has 0 amide bonds. The second-order valence-electron chi connectivity index (χ2n) is 6.41. The summed E-state index contributed by atoms with van der Waals surface area (Å²) >= 11 is 0. The molecule has 1 fully saturated rings. The highest BCUT2D eigenvalue weighted by Gasteiger charge is 2.22. The maximum atomic E-state index is 11.7. The van der Waals surface area contributed by atoms with Gasteiger partial charge in [0.25, 0.3) is 5.56 Å². The van der Waals surface area contributed by atoms with Crippen LogP contribution in [0.4, 0.5) is 5.69 Å². The Balaban J connectivity index is 1.75. The van der Waals surface area contributed by atoms with E-state index in [0.29, 0.717) is 5.69 Å². The SMILES string of the molecule is CCC1CCC(N(C)CCCn2cc(N)ccc2=O)CC1. The molecule has 2 rings (SSSR count). The van der Waals surface area contributed by atoms with E-state index in [2.05, 4.69) is 18.9 Å². The molecule has 1 heterocycles. The number of hydrogen-bond acceptors (Lipinski definition) is 3. The van der Waals surface area contributed by atoms with Gasteiger partial charge in [-0.2, -0.15) is 0 Å². The van der Waals surface area contributed by atoms with Gasteiger partial charge in [-0.3, -0.25) is 4.79 Å². The fourth-order valence-corrected chi connectivity index (χ4v) is 3.39. The molecule has 1 aliphatic rings. The highest BCUT2D eigenvalue weighted by atomic mass is 16.1. The molecule has 1 aliphatic carbocycles. The lowest BCUT2D eigenvalue weighted by molar-refractivity contribution is 0.160. The Labute approximate surface area is 127 Å². The lowest BCUT2D eigenvalue weighted by Gasteiger charge is -2.34. The first-order valence-electron chi connectivity index (χ1n) is 8.26. The van der Waals surface area contributed by atoms with Crippen molar-refractivity contribution >= 4 is 5.69 Å². The normalized spacial score (nSPS) is 22.6. The Morgan fingerprint density at radius 3 is 2.67 bits per heavy atom. The molecule has 118 valence electrons. The Morgan fingerprint density at radius 1 is 1.29 bits per heavy atom. The highest BCUT2D eigenvalue weighted by Crippen LogP contribution is 2.28. The zero-order chi connectivity index (χ0) is 15.2. The molecule has 1 aromatic rings. The smallest absolute Gasteiger partial charge is 0.250 e. The Bertz CT molecular complexity index is 489. The van der Waals surface area contributed by atoms with Crippen LogP contribution in [-0.4, -0.2) is 29.1 Å². The summed E-state index contributed by atoms with van der Waals surface area (Å²) in [4.78, 5) is 14.2. The van der Waals surface area contributed by atoms with Crippen molar-refractivity contribution in [1.82, 2.24) is 9.47 Å². The van der Waals surface area contributed by atoms with Crippen molar-refractivity contribution in [3.63, 3.8) is 0 Å². The summed E-state index contributed by atoms with van der Waals surface area (Å²) < 4.78 is 1.72. The van der Waals surface area contributed by atoms with Crippen molar-refractivity contribution < 1.29 is 0 Å². The van der Waals surface area contributed by atoms with Crippen LogP contribution in [0, 0.1) is 5.92 Å². The zero-order valence-corrected chi connectivity index (χ0v) is 13.4. The number of nitrogen functional groups attached to an aromatic ring is 1. The van der Waals surface area contributed by atoms with Gasteiger partial charge in [-0.25, -0.2) is 0 Å². The first kappa shape index (κ1) is 16.1. The Kier molecular flexibility index (Phi) is 5.85. The van der Waals surface area contributed by atoms with Crippen LogP contribution in [0.2, 0.25) is 0 Å². The summed E-state index contributed by atoms with van der Waals surface area (Å²) in [6.45, 7) is 4.10. The predicted molar refractivity (Wildman–Crippen MR) is 88.4 cm³/mol. The maximum Gasteiger partial charge on any atom is 0.250 e. The lowest BCUT2D eigenvalue weighted by atomic mass is 9.84. The van der Waals surface area contributed by atoms with Gasteiger partial charge in [0, 0.05) is 30.5 Å². The molecule has 1 aromatic heterocycles. The number of hydrogen-bond donors (Lipinski definition) is 1. The van der Waals surface area contributed by atoms with Crippen LogP contribution in [0.3, 0.4) is 0 Å². The van der Waals surface area contributed by atoms with Crippen LogP contribution in [0.15, 0.2) is 23.1 Å². The number of rotatable bonds is 6. The monoisotopic (exact) mass is 291 g/mol. The van der Waals surface area contributed by atoms with E-state index in [0.717, 1.165) is 31.5 Å². The molecule has 0 aromatic carbocycles. The molecular weight excluding hydrogens is 262 g/mol. The van der Waals surface area contributed by atoms with E-state index in [9.17, 15) is 4.79 Å². The van der Waals surface area contributed by atoms with E-state index >= 15 is 0 Å². The van der Waals surface area contributed by atoms with Gasteiger partial charge in [0.05, 0.1) is 0 Å². The minimum Gasteiger partial charge on any atom is -0.398 e. The number of pyridine rings is 1.